The summed E-state index contributed by atoms with van der Waals surface area (Å²) in [6.45, 7) is 4.01. The molecule has 0 amide bonds. The molecule has 0 aromatic heterocycles. The van der Waals surface area contributed by atoms with Crippen molar-refractivity contribution < 1.29 is 9.53 Å². The number of ether oxygens (including phenoxy) is 1. The van der Waals surface area contributed by atoms with E-state index < -0.39 is 0 Å². The maximum Gasteiger partial charge on any atom is 0.321 e. The van der Waals surface area contributed by atoms with Crippen LogP contribution in [-0.4, -0.2) is 11.3 Å². The molecular weight excluding hydrogens is 232 g/mol. The fourth-order valence-corrected chi connectivity index (χ4v) is 1.05. The second kappa shape index (κ2) is 4.42. The second-order valence-electron chi connectivity index (χ2n) is 2.85. The van der Waals surface area contributed by atoms with E-state index in [1.54, 1.807) is 6.07 Å². The summed E-state index contributed by atoms with van der Waals surface area (Å²) in [6.07, 6.45) is 0. The maximum atomic E-state index is 10.9. The molecule has 0 aliphatic carbocycles. The molecule has 2 nitrogen and oxygen atoms in total. The molecule has 0 bridgehead atoms. The lowest BCUT2D eigenvalue weighted by molar-refractivity contribution is -0.131. The first-order chi connectivity index (χ1) is 6.13. The average molecular weight is 243 g/mol. The summed E-state index contributed by atoms with van der Waals surface area (Å²) in [4.78, 5) is 10.9. The molecule has 70 valence electrons. The van der Waals surface area contributed by atoms with Crippen molar-refractivity contribution in [2.75, 3.05) is 5.33 Å². The number of halogens is 1. The molecular formula is C10H11BrO2. The quantitative estimate of drug-likeness (QED) is 0.453. The van der Waals surface area contributed by atoms with Gasteiger partial charge in [0.05, 0.1) is 0 Å². The molecule has 0 heterocycles. The molecule has 0 saturated heterocycles. The van der Waals surface area contributed by atoms with Crippen molar-refractivity contribution in [3.63, 3.8) is 0 Å². The van der Waals surface area contributed by atoms with Crippen LogP contribution in [0, 0.1) is 13.8 Å². The Morgan fingerprint density at radius 2 is 2.08 bits per heavy atom. The van der Waals surface area contributed by atoms with Crippen molar-refractivity contribution in [3.05, 3.63) is 29.3 Å². The lowest BCUT2D eigenvalue weighted by Gasteiger charge is -2.04. The van der Waals surface area contributed by atoms with Gasteiger partial charge < -0.3 is 4.74 Å². The highest BCUT2D eigenvalue weighted by molar-refractivity contribution is 9.09. The smallest absolute Gasteiger partial charge is 0.321 e. The van der Waals surface area contributed by atoms with E-state index in [1.807, 2.05) is 26.0 Å². The third-order valence-corrected chi connectivity index (χ3v) is 2.28. The first-order valence-electron chi connectivity index (χ1n) is 3.97. The van der Waals surface area contributed by atoms with Gasteiger partial charge in [0.1, 0.15) is 11.1 Å². The van der Waals surface area contributed by atoms with Crippen molar-refractivity contribution in [1.82, 2.24) is 0 Å². The van der Waals surface area contributed by atoms with Gasteiger partial charge >= 0.3 is 5.97 Å². The van der Waals surface area contributed by atoms with Gasteiger partial charge in [-0.15, -0.1) is 0 Å². The summed E-state index contributed by atoms with van der Waals surface area (Å²) in [5, 5.41) is 0.222. The SMILES string of the molecule is Cc1ccc(OC(=O)CBr)cc1C. The largest absolute Gasteiger partial charge is 0.426 e. The van der Waals surface area contributed by atoms with Crippen LogP contribution in [0.5, 0.6) is 5.75 Å². The number of esters is 1. The Kier molecular flexibility index (Phi) is 3.48. The summed E-state index contributed by atoms with van der Waals surface area (Å²) in [5.74, 6) is 0.329. The summed E-state index contributed by atoms with van der Waals surface area (Å²) >= 11 is 3.03. The van der Waals surface area contributed by atoms with Gasteiger partial charge in [-0.05, 0) is 37.1 Å². The zero-order valence-corrected chi connectivity index (χ0v) is 9.22. The van der Waals surface area contributed by atoms with Gasteiger partial charge in [-0.2, -0.15) is 0 Å². The molecule has 0 unspecified atom stereocenters. The van der Waals surface area contributed by atoms with Crippen molar-refractivity contribution in [3.8, 4) is 5.75 Å². The molecule has 13 heavy (non-hydrogen) atoms. The molecule has 3 heteroatoms. The van der Waals surface area contributed by atoms with Crippen LogP contribution in [-0.2, 0) is 4.79 Å². The van der Waals surface area contributed by atoms with Gasteiger partial charge in [-0.3, -0.25) is 4.79 Å². The monoisotopic (exact) mass is 242 g/mol. The molecule has 1 aromatic rings. The summed E-state index contributed by atoms with van der Waals surface area (Å²) in [7, 11) is 0. The van der Waals surface area contributed by atoms with E-state index in [2.05, 4.69) is 15.9 Å². The highest BCUT2D eigenvalue weighted by Crippen LogP contribution is 2.16. The minimum absolute atomic E-state index is 0.222. The number of carbonyl (C=O) groups is 1. The molecule has 0 aliphatic rings. The number of alkyl halides is 1. The fraction of sp³-hybridized carbons (Fsp3) is 0.300. The van der Waals surface area contributed by atoms with Crippen LogP contribution in [0.15, 0.2) is 18.2 Å². The van der Waals surface area contributed by atoms with E-state index >= 15 is 0 Å². The van der Waals surface area contributed by atoms with Crippen LogP contribution in [0.25, 0.3) is 0 Å². The lowest BCUT2D eigenvalue weighted by Crippen LogP contribution is -2.08. The first-order valence-corrected chi connectivity index (χ1v) is 5.09. The molecule has 0 N–H and O–H groups in total. The third-order valence-electron chi connectivity index (χ3n) is 1.82. The fourth-order valence-electron chi connectivity index (χ4n) is 0.936. The number of hydrogen-bond acceptors (Lipinski definition) is 2. The number of benzene rings is 1. The topological polar surface area (TPSA) is 26.3 Å². The second-order valence-corrected chi connectivity index (χ2v) is 3.41. The van der Waals surface area contributed by atoms with Crippen LogP contribution in [0.4, 0.5) is 0 Å². The van der Waals surface area contributed by atoms with Gasteiger partial charge in [0, 0.05) is 0 Å². The number of carbonyl (C=O) groups excluding carboxylic acids is 1. The molecule has 1 aromatic carbocycles. The van der Waals surface area contributed by atoms with Gasteiger partial charge in [-0.1, -0.05) is 22.0 Å². The molecule has 0 saturated carbocycles. The van der Waals surface area contributed by atoms with Gasteiger partial charge in [0.2, 0.25) is 0 Å². The molecule has 0 aliphatic heterocycles. The van der Waals surface area contributed by atoms with Gasteiger partial charge in [-0.25, -0.2) is 0 Å². The van der Waals surface area contributed by atoms with Crippen molar-refractivity contribution in [2.24, 2.45) is 0 Å². The Bertz CT molecular complexity index is 321. The van der Waals surface area contributed by atoms with E-state index in [0.717, 1.165) is 5.56 Å². The normalized spacial score (nSPS) is 9.77. The summed E-state index contributed by atoms with van der Waals surface area (Å²) in [6, 6.07) is 5.59. The molecule has 0 spiro atoms. The predicted octanol–water partition coefficient (Wildman–Crippen LogP) is 2.60. The molecule has 0 fully saturated rings. The molecule has 1 rings (SSSR count). The van der Waals surface area contributed by atoms with Crippen molar-refractivity contribution >= 4 is 21.9 Å². The molecule has 0 radical (unpaired) electrons. The number of aryl methyl sites for hydroxylation is 2. The zero-order chi connectivity index (χ0) is 9.84. The number of hydrogen-bond donors (Lipinski definition) is 0. The highest BCUT2D eigenvalue weighted by Gasteiger charge is 2.02. The van der Waals surface area contributed by atoms with Gasteiger partial charge in [0.15, 0.2) is 0 Å². The Morgan fingerprint density at radius 3 is 2.62 bits per heavy atom. The standard InChI is InChI=1S/C10H11BrO2/c1-7-3-4-9(5-8(7)2)13-10(12)6-11/h3-5H,6H2,1-2H3. The van der Waals surface area contributed by atoms with Crippen LogP contribution in [0.2, 0.25) is 0 Å². The third kappa shape index (κ3) is 2.84. The van der Waals surface area contributed by atoms with Crippen LogP contribution < -0.4 is 4.74 Å². The number of rotatable bonds is 2. The maximum absolute atomic E-state index is 10.9. The van der Waals surface area contributed by atoms with E-state index in [4.69, 9.17) is 4.74 Å². The Morgan fingerprint density at radius 1 is 1.38 bits per heavy atom. The van der Waals surface area contributed by atoms with E-state index in [0.29, 0.717) is 5.75 Å². The lowest BCUT2D eigenvalue weighted by atomic mass is 10.1. The van der Waals surface area contributed by atoms with Crippen LogP contribution >= 0.6 is 15.9 Å². The molecule has 0 atom stereocenters. The van der Waals surface area contributed by atoms with E-state index in [9.17, 15) is 4.79 Å². The Balaban J connectivity index is 2.79. The minimum Gasteiger partial charge on any atom is -0.426 e. The Labute approximate surface area is 86.0 Å². The Hall–Kier alpha value is -0.830. The average Bonchev–Trinajstić information content (AvgIpc) is 2.11. The van der Waals surface area contributed by atoms with Crippen molar-refractivity contribution in [2.45, 2.75) is 13.8 Å². The summed E-state index contributed by atoms with van der Waals surface area (Å²) < 4.78 is 5.01. The van der Waals surface area contributed by atoms with Gasteiger partial charge in [0.25, 0.3) is 0 Å². The summed E-state index contributed by atoms with van der Waals surface area (Å²) in [5.41, 5.74) is 2.32. The van der Waals surface area contributed by atoms with Crippen LogP contribution in [0.1, 0.15) is 11.1 Å². The van der Waals surface area contributed by atoms with E-state index in [1.165, 1.54) is 5.56 Å². The first kappa shape index (κ1) is 10.3. The van der Waals surface area contributed by atoms with E-state index in [-0.39, 0.29) is 11.3 Å². The zero-order valence-electron chi connectivity index (χ0n) is 7.63. The van der Waals surface area contributed by atoms with Crippen molar-refractivity contribution in [1.29, 1.82) is 0 Å². The van der Waals surface area contributed by atoms with Crippen LogP contribution in [0.3, 0.4) is 0 Å². The predicted molar refractivity (Wildman–Crippen MR) is 55.3 cm³/mol. The minimum atomic E-state index is -0.275. The highest BCUT2D eigenvalue weighted by atomic mass is 79.9.